The van der Waals surface area contributed by atoms with Gasteiger partial charge in [-0.15, -0.1) is 0 Å². The van der Waals surface area contributed by atoms with Crippen LogP contribution in [0, 0.1) is 0 Å². The number of benzene rings is 2. The topological polar surface area (TPSA) is 97.8 Å². The molecule has 1 N–H and O–H groups in total. The van der Waals surface area contributed by atoms with E-state index in [2.05, 4.69) is 10.3 Å². The van der Waals surface area contributed by atoms with Crippen molar-refractivity contribution in [3.8, 4) is 11.5 Å². The number of hydrogen-bond acceptors (Lipinski definition) is 7. The molecule has 3 rings (SSSR count). The van der Waals surface area contributed by atoms with Crippen LogP contribution in [0.1, 0.15) is 17.3 Å². The minimum atomic E-state index is -3.55. The first-order valence-electron chi connectivity index (χ1n) is 8.70. The maximum absolute atomic E-state index is 12.6. The number of carbonyl (C=O) groups excluding carboxylic acids is 1. The second-order valence-corrected chi connectivity index (χ2v) is 9.17. The van der Waals surface area contributed by atoms with Gasteiger partial charge in [0.05, 0.1) is 29.3 Å². The number of anilines is 1. The van der Waals surface area contributed by atoms with Gasteiger partial charge in [-0.2, -0.15) is 0 Å². The Morgan fingerprint density at radius 1 is 1.14 bits per heavy atom. The van der Waals surface area contributed by atoms with Crippen LogP contribution in [-0.4, -0.2) is 51.4 Å². The van der Waals surface area contributed by atoms with E-state index in [-0.39, 0.29) is 10.8 Å². The summed E-state index contributed by atoms with van der Waals surface area (Å²) < 4.78 is 37.3. The molecule has 3 aromatic rings. The summed E-state index contributed by atoms with van der Waals surface area (Å²) in [5, 5.41) is 3.11. The molecular weight excluding hydrogens is 414 g/mol. The van der Waals surface area contributed by atoms with Gasteiger partial charge in [0.25, 0.3) is 5.91 Å². The Labute approximate surface area is 173 Å². The number of hydrogen-bond donors (Lipinski definition) is 1. The Morgan fingerprint density at radius 3 is 2.52 bits per heavy atom. The van der Waals surface area contributed by atoms with E-state index in [9.17, 15) is 13.2 Å². The molecule has 0 radical (unpaired) electrons. The number of thiazole rings is 1. The van der Waals surface area contributed by atoms with Gasteiger partial charge in [0, 0.05) is 19.2 Å². The number of sulfonamides is 1. The second kappa shape index (κ2) is 8.36. The van der Waals surface area contributed by atoms with Crippen molar-refractivity contribution in [2.24, 2.45) is 0 Å². The Balaban J connectivity index is 1.87. The summed E-state index contributed by atoms with van der Waals surface area (Å²) in [4.78, 5) is 17.1. The number of methoxy groups -OCH3 is 2. The molecule has 0 aliphatic heterocycles. The van der Waals surface area contributed by atoms with Crippen molar-refractivity contribution in [2.45, 2.75) is 11.8 Å². The van der Waals surface area contributed by atoms with E-state index >= 15 is 0 Å². The summed E-state index contributed by atoms with van der Waals surface area (Å²) in [6.45, 7) is 2.14. The van der Waals surface area contributed by atoms with Gasteiger partial charge < -0.3 is 9.47 Å². The van der Waals surface area contributed by atoms with E-state index in [1.165, 1.54) is 43.0 Å². The predicted molar refractivity (Wildman–Crippen MR) is 113 cm³/mol. The quantitative estimate of drug-likeness (QED) is 0.612. The number of nitrogens with zero attached hydrogens (tertiary/aromatic N) is 2. The van der Waals surface area contributed by atoms with Gasteiger partial charge in [0.15, 0.2) is 16.6 Å². The first-order chi connectivity index (χ1) is 13.8. The van der Waals surface area contributed by atoms with Crippen molar-refractivity contribution in [1.82, 2.24) is 9.29 Å². The Morgan fingerprint density at radius 2 is 1.86 bits per heavy atom. The number of aromatic nitrogens is 1. The number of rotatable bonds is 7. The lowest BCUT2D eigenvalue weighted by Crippen LogP contribution is -2.26. The molecular formula is C19H21N3O5S2. The lowest BCUT2D eigenvalue weighted by molar-refractivity contribution is 0.102. The highest BCUT2D eigenvalue weighted by Crippen LogP contribution is 2.31. The van der Waals surface area contributed by atoms with Gasteiger partial charge in [-0.3, -0.25) is 10.1 Å². The summed E-state index contributed by atoms with van der Waals surface area (Å²) in [6, 6.07) is 9.56. The zero-order valence-electron chi connectivity index (χ0n) is 16.4. The number of nitrogens with one attached hydrogen (secondary N) is 1. The minimum Gasteiger partial charge on any atom is -0.493 e. The molecule has 0 aliphatic rings. The van der Waals surface area contributed by atoms with Crippen LogP contribution in [0.4, 0.5) is 5.13 Å². The molecule has 2 aromatic carbocycles. The molecule has 0 bridgehead atoms. The average molecular weight is 436 g/mol. The summed E-state index contributed by atoms with van der Waals surface area (Å²) in [6.07, 6.45) is 0. The maximum atomic E-state index is 12.6. The zero-order chi connectivity index (χ0) is 21.2. The molecule has 0 spiro atoms. The Kier molecular flexibility index (Phi) is 6.06. The third-order valence-corrected chi connectivity index (χ3v) is 7.24. The third kappa shape index (κ3) is 4.19. The first-order valence-corrected chi connectivity index (χ1v) is 11.0. The predicted octanol–water partition coefficient (Wildman–Crippen LogP) is 3.21. The second-order valence-electron chi connectivity index (χ2n) is 6.09. The van der Waals surface area contributed by atoms with Crippen molar-refractivity contribution in [3.05, 3.63) is 42.0 Å². The van der Waals surface area contributed by atoms with Crippen LogP contribution in [0.3, 0.4) is 0 Å². The van der Waals surface area contributed by atoms with Crippen LogP contribution in [0.15, 0.2) is 41.3 Å². The molecule has 0 saturated carbocycles. The van der Waals surface area contributed by atoms with Gasteiger partial charge in [-0.05, 0) is 36.4 Å². The molecule has 0 aliphatic carbocycles. The van der Waals surface area contributed by atoms with E-state index in [0.29, 0.717) is 39.0 Å². The third-order valence-electron chi connectivity index (χ3n) is 4.38. The van der Waals surface area contributed by atoms with Crippen molar-refractivity contribution in [1.29, 1.82) is 0 Å². The molecule has 0 saturated heterocycles. The van der Waals surface area contributed by atoms with Crippen molar-refractivity contribution < 1.29 is 22.7 Å². The van der Waals surface area contributed by atoms with Gasteiger partial charge in [0.2, 0.25) is 10.0 Å². The first kappa shape index (κ1) is 21.0. The zero-order valence-corrected chi connectivity index (χ0v) is 18.1. The minimum absolute atomic E-state index is 0.191. The molecule has 1 amide bonds. The van der Waals surface area contributed by atoms with Crippen LogP contribution in [0.5, 0.6) is 11.5 Å². The molecule has 0 atom stereocenters. The monoisotopic (exact) mass is 435 g/mol. The van der Waals surface area contributed by atoms with Gasteiger partial charge >= 0.3 is 0 Å². The van der Waals surface area contributed by atoms with E-state index in [1.807, 2.05) is 0 Å². The number of carbonyl (C=O) groups is 1. The highest BCUT2D eigenvalue weighted by Gasteiger charge is 2.20. The van der Waals surface area contributed by atoms with E-state index < -0.39 is 10.0 Å². The number of fused-ring (bicyclic) bond motifs is 1. The van der Waals surface area contributed by atoms with Crippen molar-refractivity contribution in [3.63, 3.8) is 0 Å². The lowest BCUT2D eigenvalue weighted by atomic mass is 10.2. The van der Waals surface area contributed by atoms with Crippen molar-refractivity contribution >= 4 is 42.6 Å². The number of ether oxygens (including phenoxy) is 2. The molecule has 1 aromatic heterocycles. The molecule has 8 nitrogen and oxygen atoms in total. The molecule has 0 fully saturated rings. The lowest BCUT2D eigenvalue weighted by Gasteiger charge is -2.14. The summed E-state index contributed by atoms with van der Waals surface area (Å²) in [7, 11) is 0.990. The van der Waals surface area contributed by atoms with Crippen molar-refractivity contribution in [2.75, 3.05) is 33.1 Å². The number of amides is 1. The van der Waals surface area contributed by atoms with Crippen LogP contribution < -0.4 is 14.8 Å². The Hall–Kier alpha value is -2.69. The van der Waals surface area contributed by atoms with E-state index in [1.54, 1.807) is 37.3 Å². The normalized spacial score (nSPS) is 11.6. The van der Waals surface area contributed by atoms with Crippen LogP contribution in [-0.2, 0) is 10.0 Å². The fourth-order valence-corrected chi connectivity index (χ4v) is 4.80. The fourth-order valence-electron chi connectivity index (χ4n) is 2.62. The standard InChI is InChI=1S/C19H21N3O5S2/c1-5-22(2)29(24,25)13-7-8-14-17(11-13)28-19(20-14)21-18(23)12-6-9-15(26-3)16(10-12)27-4/h6-11H,5H2,1-4H3,(H,20,21,23). The van der Waals surface area contributed by atoms with Crippen LogP contribution in [0.2, 0.25) is 0 Å². The summed E-state index contributed by atoms with van der Waals surface area (Å²) >= 11 is 1.21. The molecule has 154 valence electrons. The highest BCUT2D eigenvalue weighted by atomic mass is 32.2. The molecule has 29 heavy (non-hydrogen) atoms. The molecule has 0 unspecified atom stereocenters. The largest absolute Gasteiger partial charge is 0.493 e. The average Bonchev–Trinajstić information content (AvgIpc) is 3.13. The fraction of sp³-hybridized carbons (Fsp3) is 0.263. The van der Waals surface area contributed by atoms with Gasteiger partial charge in [-0.1, -0.05) is 18.3 Å². The van der Waals surface area contributed by atoms with Gasteiger partial charge in [-0.25, -0.2) is 17.7 Å². The Bertz CT molecular complexity index is 1160. The molecule has 10 heteroatoms. The van der Waals surface area contributed by atoms with E-state index in [0.717, 1.165) is 0 Å². The maximum Gasteiger partial charge on any atom is 0.257 e. The summed E-state index contributed by atoms with van der Waals surface area (Å²) in [5.74, 6) is 0.609. The van der Waals surface area contributed by atoms with E-state index in [4.69, 9.17) is 9.47 Å². The van der Waals surface area contributed by atoms with Crippen LogP contribution in [0.25, 0.3) is 10.2 Å². The SMILES string of the molecule is CCN(C)S(=O)(=O)c1ccc2nc(NC(=O)c3ccc(OC)c(OC)c3)sc2c1. The smallest absolute Gasteiger partial charge is 0.257 e. The highest BCUT2D eigenvalue weighted by molar-refractivity contribution is 7.89. The summed E-state index contributed by atoms with van der Waals surface area (Å²) in [5.41, 5.74) is 0.991. The van der Waals surface area contributed by atoms with Gasteiger partial charge in [0.1, 0.15) is 0 Å². The molecule has 1 heterocycles. The van der Waals surface area contributed by atoms with Crippen LogP contribution >= 0.6 is 11.3 Å².